The van der Waals surface area contributed by atoms with Crippen molar-refractivity contribution in [1.82, 2.24) is 0 Å². The first-order chi connectivity index (χ1) is 3.72. The van der Waals surface area contributed by atoms with Gasteiger partial charge in [0.05, 0.1) is 0 Å². The molecule has 0 atom stereocenters. The van der Waals surface area contributed by atoms with Crippen molar-refractivity contribution in [2.75, 3.05) is 0 Å². The fraction of sp³-hybridized carbons (Fsp3) is 0.400. The van der Waals surface area contributed by atoms with Crippen molar-refractivity contribution in [2.45, 2.75) is 12.8 Å². The van der Waals surface area contributed by atoms with Gasteiger partial charge < -0.3 is 0 Å². The van der Waals surface area contributed by atoms with Crippen LogP contribution in [0.1, 0.15) is 12.8 Å². The minimum Gasteiger partial charge on any atom is -0.294 e. The molecular formula is C5H5NO2. The highest BCUT2D eigenvalue weighted by Gasteiger charge is 2.25. The van der Waals surface area contributed by atoms with Crippen molar-refractivity contribution >= 4 is 17.3 Å². The minimum atomic E-state index is -0.315. The lowest BCUT2D eigenvalue weighted by atomic mass is 10.3. The predicted molar refractivity (Wildman–Crippen MR) is 27.0 cm³/mol. The van der Waals surface area contributed by atoms with Crippen molar-refractivity contribution in [3.8, 4) is 0 Å². The lowest BCUT2D eigenvalue weighted by Gasteiger charge is -1.78. The van der Waals surface area contributed by atoms with Gasteiger partial charge >= 0.3 is 0 Å². The summed E-state index contributed by atoms with van der Waals surface area (Å²) in [5, 5.41) is 6.76. The van der Waals surface area contributed by atoms with Gasteiger partial charge in [0.2, 0.25) is 0 Å². The van der Waals surface area contributed by atoms with Gasteiger partial charge in [-0.25, -0.2) is 0 Å². The molecule has 1 saturated carbocycles. The average Bonchev–Trinajstić information content (AvgIpc) is 1.98. The quantitative estimate of drug-likeness (QED) is 0.476. The van der Waals surface area contributed by atoms with Gasteiger partial charge in [-0.3, -0.25) is 15.0 Å². The van der Waals surface area contributed by atoms with Crippen LogP contribution >= 0.6 is 0 Å². The van der Waals surface area contributed by atoms with Crippen LogP contribution in [0.5, 0.6) is 0 Å². The molecule has 0 aromatic carbocycles. The summed E-state index contributed by atoms with van der Waals surface area (Å²) in [6.07, 6.45) is 0.495. The molecule has 1 aliphatic rings. The zero-order chi connectivity index (χ0) is 6.15. The Kier molecular flexibility index (Phi) is 0.970. The molecule has 0 aliphatic heterocycles. The van der Waals surface area contributed by atoms with Gasteiger partial charge in [0.25, 0.3) is 0 Å². The Balaban J connectivity index is 2.86. The van der Waals surface area contributed by atoms with E-state index < -0.39 is 0 Å². The Labute approximate surface area is 46.2 Å². The summed E-state index contributed by atoms with van der Waals surface area (Å²) in [5.74, 6) is -0.620. The number of rotatable bonds is 0. The third-order valence-corrected chi connectivity index (χ3v) is 1.14. The maximum Gasteiger partial charge on any atom is 0.184 e. The summed E-state index contributed by atoms with van der Waals surface area (Å²) >= 11 is 0. The van der Waals surface area contributed by atoms with Gasteiger partial charge in [-0.05, 0) is 0 Å². The Morgan fingerprint density at radius 1 is 1.12 bits per heavy atom. The summed E-state index contributed by atoms with van der Waals surface area (Å²) in [6, 6.07) is 0. The smallest absolute Gasteiger partial charge is 0.184 e. The Morgan fingerprint density at radius 2 is 1.50 bits per heavy atom. The van der Waals surface area contributed by atoms with E-state index in [0.717, 1.165) is 0 Å². The van der Waals surface area contributed by atoms with Gasteiger partial charge in [0.15, 0.2) is 11.6 Å². The van der Waals surface area contributed by atoms with E-state index in [0.29, 0.717) is 0 Å². The number of hydrogen-bond donors (Lipinski definition) is 1. The van der Waals surface area contributed by atoms with Crippen molar-refractivity contribution in [1.29, 1.82) is 5.41 Å². The highest BCUT2D eigenvalue weighted by Crippen LogP contribution is 2.04. The molecule has 42 valence electrons. The van der Waals surface area contributed by atoms with E-state index in [1.165, 1.54) is 0 Å². The van der Waals surface area contributed by atoms with E-state index in [1.54, 1.807) is 0 Å². The second-order valence-corrected chi connectivity index (χ2v) is 1.72. The first kappa shape index (κ1) is 5.15. The van der Waals surface area contributed by atoms with E-state index in [1.807, 2.05) is 0 Å². The maximum atomic E-state index is 10.3. The molecule has 1 aliphatic carbocycles. The van der Waals surface area contributed by atoms with Crippen LogP contribution in [-0.4, -0.2) is 17.3 Å². The molecule has 0 radical (unpaired) electrons. The van der Waals surface area contributed by atoms with Crippen LogP contribution in [0.4, 0.5) is 0 Å². The highest BCUT2D eigenvalue weighted by molar-refractivity contribution is 6.68. The molecule has 0 aromatic heterocycles. The molecule has 1 rings (SSSR count). The molecule has 3 heteroatoms. The van der Waals surface area contributed by atoms with E-state index in [2.05, 4.69) is 0 Å². The molecule has 0 unspecified atom stereocenters. The van der Waals surface area contributed by atoms with Gasteiger partial charge in [0, 0.05) is 12.8 Å². The second kappa shape index (κ2) is 1.51. The molecule has 0 aromatic rings. The lowest BCUT2D eigenvalue weighted by molar-refractivity contribution is -0.112. The van der Waals surface area contributed by atoms with E-state index in [-0.39, 0.29) is 30.1 Å². The van der Waals surface area contributed by atoms with Crippen LogP contribution in [0.15, 0.2) is 0 Å². The normalized spacial score (nSPS) is 20.2. The van der Waals surface area contributed by atoms with Crippen LogP contribution in [0.25, 0.3) is 0 Å². The van der Waals surface area contributed by atoms with Crippen molar-refractivity contribution < 1.29 is 9.59 Å². The standard InChI is InChI=1S/C5H5NO2/c6-5-3(7)1-2-4(5)8/h6H,1-2H2. The number of ketones is 2. The molecule has 3 nitrogen and oxygen atoms in total. The maximum absolute atomic E-state index is 10.3. The first-order valence-electron chi connectivity index (χ1n) is 2.37. The predicted octanol–water partition coefficient (Wildman–Crippen LogP) is -0.0618. The van der Waals surface area contributed by atoms with Gasteiger partial charge in [-0.15, -0.1) is 0 Å². The number of Topliss-reactive ketones (excluding diaryl/α,β-unsaturated/α-hetero) is 2. The summed E-state index contributed by atoms with van der Waals surface area (Å²) in [4.78, 5) is 20.7. The van der Waals surface area contributed by atoms with Crippen LogP contribution in [0.2, 0.25) is 0 Å². The molecule has 0 heterocycles. The SMILES string of the molecule is N=C1C(=O)CCC1=O. The highest BCUT2D eigenvalue weighted by atomic mass is 16.2. The summed E-state index contributed by atoms with van der Waals surface area (Å²) in [7, 11) is 0. The summed E-state index contributed by atoms with van der Waals surface area (Å²) < 4.78 is 0. The van der Waals surface area contributed by atoms with E-state index in [4.69, 9.17) is 5.41 Å². The van der Waals surface area contributed by atoms with Crippen LogP contribution in [0, 0.1) is 5.41 Å². The van der Waals surface area contributed by atoms with Gasteiger partial charge in [-0.1, -0.05) is 0 Å². The largest absolute Gasteiger partial charge is 0.294 e. The molecule has 0 saturated heterocycles. The molecule has 0 bridgehead atoms. The monoisotopic (exact) mass is 111 g/mol. The van der Waals surface area contributed by atoms with E-state index in [9.17, 15) is 9.59 Å². The minimum absolute atomic E-state index is 0.248. The fourth-order valence-corrected chi connectivity index (χ4v) is 0.633. The molecule has 0 spiro atoms. The van der Waals surface area contributed by atoms with Crippen molar-refractivity contribution in [2.24, 2.45) is 0 Å². The summed E-state index contributed by atoms with van der Waals surface area (Å²) in [6.45, 7) is 0. The Hall–Kier alpha value is -0.990. The van der Waals surface area contributed by atoms with Gasteiger partial charge in [0.1, 0.15) is 5.71 Å². The zero-order valence-electron chi connectivity index (χ0n) is 4.23. The molecule has 1 fully saturated rings. The fourth-order valence-electron chi connectivity index (χ4n) is 0.633. The topological polar surface area (TPSA) is 58.0 Å². The summed E-state index contributed by atoms with van der Waals surface area (Å²) in [5.41, 5.74) is -0.315. The number of carbonyl (C=O) groups excluding carboxylic acids is 2. The van der Waals surface area contributed by atoms with Crippen LogP contribution < -0.4 is 0 Å². The van der Waals surface area contributed by atoms with Crippen LogP contribution in [-0.2, 0) is 9.59 Å². The first-order valence-corrected chi connectivity index (χ1v) is 2.37. The van der Waals surface area contributed by atoms with Crippen molar-refractivity contribution in [3.63, 3.8) is 0 Å². The van der Waals surface area contributed by atoms with Crippen LogP contribution in [0.3, 0.4) is 0 Å². The Morgan fingerprint density at radius 3 is 1.62 bits per heavy atom. The molecule has 0 amide bonds. The van der Waals surface area contributed by atoms with Gasteiger partial charge in [-0.2, -0.15) is 0 Å². The Bertz CT molecular complexity index is 153. The lowest BCUT2D eigenvalue weighted by Crippen LogP contribution is -2.10. The molecule has 8 heavy (non-hydrogen) atoms. The third-order valence-electron chi connectivity index (χ3n) is 1.14. The zero-order valence-corrected chi connectivity index (χ0v) is 4.23. The molecular weight excluding hydrogens is 106 g/mol. The number of hydrogen-bond acceptors (Lipinski definition) is 3. The molecule has 1 N–H and O–H groups in total. The number of nitrogens with one attached hydrogen (secondary N) is 1. The average molecular weight is 111 g/mol. The number of carbonyl (C=O) groups is 2. The van der Waals surface area contributed by atoms with E-state index >= 15 is 0 Å². The second-order valence-electron chi connectivity index (χ2n) is 1.72. The third kappa shape index (κ3) is 0.559. The van der Waals surface area contributed by atoms with Crippen molar-refractivity contribution in [3.05, 3.63) is 0 Å².